The van der Waals surface area contributed by atoms with E-state index in [0.29, 0.717) is 11.3 Å². The first-order chi connectivity index (χ1) is 8.54. The largest absolute Gasteiger partial charge is 0.464 e. The number of carbonyl (C=O) groups is 2. The van der Waals surface area contributed by atoms with Crippen LogP contribution in [-0.4, -0.2) is 47.4 Å². The Bertz CT molecular complexity index is 616. The Balaban J connectivity index is 2.66. The minimum absolute atomic E-state index is 0.119. The molecule has 18 heavy (non-hydrogen) atoms. The predicted molar refractivity (Wildman–Crippen MR) is 64.5 cm³/mol. The van der Waals surface area contributed by atoms with Crippen molar-refractivity contribution in [2.24, 2.45) is 0 Å². The zero-order valence-corrected chi connectivity index (χ0v) is 10.4. The summed E-state index contributed by atoms with van der Waals surface area (Å²) in [6.45, 7) is 0. The van der Waals surface area contributed by atoms with E-state index in [4.69, 9.17) is 0 Å². The second-order valence-electron chi connectivity index (χ2n) is 3.95. The van der Waals surface area contributed by atoms with Gasteiger partial charge in [0.15, 0.2) is 5.69 Å². The number of carbonyl (C=O) groups excluding carboxylic acids is 2. The summed E-state index contributed by atoms with van der Waals surface area (Å²) in [6, 6.07) is 4.91. The molecule has 2 aromatic rings. The van der Waals surface area contributed by atoms with Gasteiger partial charge in [-0.3, -0.25) is 9.20 Å². The molecule has 0 unspecified atom stereocenters. The van der Waals surface area contributed by atoms with Crippen molar-refractivity contribution in [3.63, 3.8) is 0 Å². The van der Waals surface area contributed by atoms with Gasteiger partial charge in [0, 0.05) is 26.4 Å². The lowest BCUT2D eigenvalue weighted by Crippen LogP contribution is -2.25. The van der Waals surface area contributed by atoms with Gasteiger partial charge in [-0.1, -0.05) is 0 Å². The van der Waals surface area contributed by atoms with Gasteiger partial charge >= 0.3 is 5.97 Å². The van der Waals surface area contributed by atoms with E-state index in [9.17, 15) is 9.59 Å². The number of esters is 1. The highest BCUT2D eigenvalue weighted by molar-refractivity contribution is 5.96. The Morgan fingerprint density at radius 1 is 1.39 bits per heavy atom. The van der Waals surface area contributed by atoms with Crippen molar-refractivity contribution < 1.29 is 14.3 Å². The molecule has 1 amide bonds. The highest BCUT2D eigenvalue weighted by atomic mass is 16.5. The summed E-state index contributed by atoms with van der Waals surface area (Å²) in [7, 11) is 4.58. The number of rotatable bonds is 2. The molecule has 0 fully saturated rings. The molecule has 6 heteroatoms. The number of hydrogen-bond donors (Lipinski definition) is 0. The van der Waals surface area contributed by atoms with Gasteiger partial charge in [-0.15, -0.1) is 0 Å². The highest BCUT2D eigenvalue weighted by Crippen LogP contribution is 2.11. The third-order valence-corrected chi connectivity index (χ3v) is 2.52. The second-order valence-corrected chi connectivity index (χ2v) is 3.95. The van der Waals surface area contributed by atoms with Gasteiger partial charge in [-0.2, -0.15) is 0 Å². The van der Waals surface area contributed by atoms with Crippen LogP contribution >= 0.6 is 0 Å². The van der Waals surface area contributed by atoms with Crippen molar-refractivity contribution in [1.82, 2.24) is 14.3 Å². The molecule has 0 spiro atoms. The second kappa shape index (κ2) is 4.48. The average Bonchev–Trinajstić information content (AvgIpc) is 2.83. The molecule has 0 atom stereocenters. The van der Waals surface area contributed by atoms with Crippen molar-refractivity contribution in [2.45, 2.75) is 0 Å². The van der Waals surface area contributed by atoms with Crippen LogP contribution in [0.2, 0.25) is 0 Å². The minimum atomic E-state index is -0.563. The van der Waals surface area contributed by atoms with Crippen LogP contribution in [0, 0.1) is 0 Å². The lowest BCUT2D eigenvalue weighted by molar-refractivity contribution is 0.0594. The Labute approximate surface area is 104 Å². The SMILES string of the molecule is COC(=O)c1cc(C(=O)N(C)C)n2cccc2n1. The van der Waals surface area contributed by atoms with Crippen molar-refractivity contribution in [3.05, 3.63) is 35.8 Å². The first-order valence-electron chi connectivity index (χ1n) is 5.32. The van der Waals surface area contributed by atoms with Gasteiger partial charge in [-0.25, -0.2) is 9.78 Å². The lowest BCUT2D eigenvalue weighted by Gasteiger charge is -2.12. The summed E-state index contributed by atoms with van der Waals surface area (Å²) in [6.07, 6.45) is 1.72. The van der Waals surface area contributed by atoms with Crippen LogP contribution in [0.4, 0.5) is 0 Å². The average molecular weight is 247 g/mol. The maximum atomic E-state index is 12.0. The van der Waals surface area contributed by atoms with Gasteiger partial charge in [0.25, 0.3) is 5.91 Å². The van der Waals surface area contributed by atoms with Crippen LogP contribution in [0.15, 0.2) is 24.4 Å². The zero-order chi connectivity index (χ0) is 13.3. The summed E-state index contributed by atoms with van der Waals surface area (Å²) in [5.74, 6) is -0.768. The van der Waals surface area contributed by atoms with Gasteiger partial charge in [0.05, 0.1) is 7.11 Å². The number of aromatic nitrogens is 2. The van der Waals surface area contributed by atoms with E-state index in [0.717, 1.165) is 0 Å². The molecule has 2 rings (SSSR count). The van der Waals surface area contributed by atoms with Crippen molar-refractivity contribution in [1.29, 1.82) is 0 Å². The van der Waals surface area contributed by atoms with Gasteiger partial charge < -0.3 is 9.64 Å². The van der Waals surface area contributed by atoms with E-state index in [-0.39, 0.29) is 11.6 Å². The number of fused-ring (bicyclic) bond motifs is 1. The molecule has 0 aliphatic rings. The number of methoxy groups -OCH3 is 1. The van der Waals surface area contributed by atoms with Crippen LogP contribution in [0.1, 0.15) is 21.0 Å². The Morgan fingerprint density at radius 2 is 2.11 bits per heavy atom. The van der Waals surface area contributed by atoms with Crippen LogP contribution in [-0.2, 0) is 4.74 Å². The highest BCUT2D eigenvalue weighted by Gasteiger charge is 2.17. The predicted octanol–water partition coefficient (Wildman–Crippen LogP) is 0.823. The molecule has 0 aromatic carbocycles. The molecule has 0 saturated carbocycles. The number of hydrogen-bond acceptors (Lipinski definition) is 4. The van der Waals surface area contributed by atoms with Crippen LogP contribution in [0.3, 0.4) is 0 Å². The van der Waals surface area contributed by atoms with Gasteiger partial charge in [0.1, 0.15) is 11.3 Å². The molecule has 0 bridgehead atoms. The summed E-state index contributed by atoms with van der Waals surface area (Å²) < 4.78 is 6.26. The maximum Gasteiger partial charge on any atom is 0.356 e. The van der Waals surface area contributed by atoms with E-state index in [1.165, 1.54) is 18.1 Å². The molecule has 2 heterocycles. The summed E-state index contributed by atoms with van der Waals surface area (Å²) in [5.41, 5.74) is 1.02. The quantitative estimate of drug-likeness (QED) is 0.737. The van der Waals surface area contributed by atoms with Crippen LogP contribution < -0.4 is 0 Å². The molecule has 2 aromatic heterocycles. The molecule has 0 N–H and O–H groups in total. The maximum absolute atomic E-state index is 12.0. The summed E-state index contributed by atoms with van der Waals surface area (Å²) in [5, 5.41) is 0. The van der Waals surface area contributed by atoms with E-state index in [1.54, 1.807) is 36.8 Å². The molecular weight excluding hydrogens is 234 g/mol. The third kappa shape index (κ3) is 1.92. The summed E-state index contributed by atoms with van der Waals surface area (Å²) in [4.78, 5) is 29.1. The molecule has 94 valence electrons. The zero-order valence-electron chi connectivity index (χ0n) is 10.4. The number of amides is 1. The fraction of sp³-hybridized carbons (Fsp3) is 0.250. The molecule has 6 nitrogen and oxygen atoms in total. The van der Waals surface area contributed by atoms with E-state index < -0.39 is 5.97 Å². The molecule has 0 aliphatic heterocycles. The van der Waals surface area contributed by atoms with Crippen molar-refractivity contribution >= 4 is 17.5 Å². The molecule has 0 aliphatic carbocycles. The first kappa shape index (κ1) is 12.1. The number of nitrogens with zero attached hydrogens (tertiary/aromatic N) is 3. The monoisotopic (exact) mass is 247 g/mol. The van der Waals surface area contributed by atoms with E-state index >= 15 is 0 Å². The normalized spacial score (nSPS) is 10.4. The molecular formula is C12H13N3O3. The fourth-order valence-electron chi connectivity index (χ4n) is 1.62. The minimum Gasteiger partial charge on any atom is -0.464 e. The Kier molecular flexibility index (Phi) is 3.01. The van der Waals surface area contributed by atoms with Crippen molar-refractivity contribution in [2.75, 3.05) is 21.2 Å². The molecule has 0 radical (unpaired) electrons. The number of ether oxygens (including phenoxy) is 1. The molecule has 0 saturated heterocycles. The van der Waals surface area contributed by atoms with Crippen LogP contribution in [0.5, 0.6) is 0 Å². The third-order valence-electron chi connectivity index (χ3n) is 2.52. The van der Waals surface area contributed by atoms with Crippen LogP contribution in [0.25, 0.3) is 5.65 Å². The van der Waals surface area contributed by atoms with Gasteiger partial charge in [-0.05, 0) is 12.1 Å². The van der Waals surface area contributed by atoms with Gasteiger partial charge in [0.2, 0.25) is 0 Å². The standard InChI is InChI=1S/C12H13N3O3/c1-14(2)11(16)9-7-8(12(17)18-3)13-10-5-4-6-15(9)10/h4-7H,1-3H3. The first-order valence-corrected chi connectivity index (χ1v) is 5.32. The Hall–Kier alpha value is -2.37. The van der Waals surface area contributed by atoms with Crippen molar-refractivity contribution in [3.8, 4) is 0 Å². The van der Waals surface area contributed by atoms with E-state index in [1.807, 2.05) is 0 Å². The lowest BCUT2D eigenvalue weighted by atomic mass is 10.3. The topological polar surface area (TPSA) is 63.9 Å². The van der Waals surface area contributed by atoms with E-state index in [2.05, 4.69) is 9.72 Å². The summed E-state index contributed by atoms with van der Waals surface area (Å²) >= 11 is 0. The Morgan fingerprint density at radius 3 is 2.72 bits per heavy atom. The fourth-order valence-corrected chi connectivity index (χ4v) is 1.62. The smallest absolute Gasteiger partial charge is 0.356 e.